The third kappa shape index (κ3) is 10.7. The molecule has 5 rings (SSSR count). The molecule has 0 spiro atoms. The Bertz CT molecular complexity index is 1820. The molecule has 2 heterocycles. The number of unbranched alkanes of at least 4 members (excludes halogenated alkanes) is 7. The van der Waals surface area contributed by atoms with Crippen LogP contribution < -0.4 is 14.2 Å². The number of hydrogen-bond donors (Lipinski definition) is 3. The molecule has 0 saturated carbocycles. The number of fused-ring (bicyclic) bond motifs is 1. The lowest BCUT2D eigenvalue weighted by molar-refractivity contribution is -0.123. The standard InChI is InChI=1S/C38H46BrN5O5S/c1-3-4-5-6-7-8-9-10-13-34(48-31-23-25-33(26-24-31)50(47)49-32-21-19-30(45)20-22-32)38(46)40-29-17-15-28(16-18-29)12-11-14-35-41-42-37-36(39)27(2)43-44(35)37/h15-26,34,43,45H,3-14H2,1-2H3,(H,40,46). The zero-order valence-electron chi connectivity index (χ0n) is 28.7. The predicted molar refractivity (Wildman–Crippen MR) is 200 cm³/mol. The number of aryl methyl sites for hydroxylation is 3. The topological polar surface area (TPSA) is 131 Å². The largest absolute Gasteiger partial charge is 0.508 e. The molecule has 0 radical (unpaired) electrons. The van der Waals surface area contributed by atoms with Crippen LogP contribution in [0, 0.1) is 6.92 Å². The molecule has 2 aromatic heterocycles. The van der Waals surface area contributed by atoms with Gasteiger partial charge in [-0.05, 0) is 115 Å². The van der Waals surface area contributed by atoms with E-state index in [0.29, 0.717) is 28.5 Å². The van der Waals surface area contributed by atoms with Crippen molar-refractivity contribution in [3.63, 3.8) is 0 Å². The Balaban J connectivity index is 1.15. The van der Waals surface area contributed by atoms with Gasteiger partial charge in [0.1, 0.15) is 17.2 Å². The van der Waals surface area contributed by atoms with Crippen molar-refractivity contribution in [1.82, 2.24) is 19.8 Å². The number of hydrogen-bond acceptors (Lipinski definition) is 7. The van der Waals surface area contributed by atoms with Gasteiger partial charge in [-0.1, -0.05) is 64.0 Å². The van der Waals surface area contributed by atoms with Crippen LogP contribution in [-0.4, -0.2) is 41.1 Å². The van der Waals surface area contributed by atoms with Crippen LogP contribution in [0.1, 0.15) is 88.2 Å². The number of phenols is 1. The number of phenolic OH excluding ortho intramolecular Hbond substituents is 1. The van der Waals surface area contributed by atoms with E-state index in [9.17, 15) is 14.1 Å². The number of ether oxygens (including phenoxy) is 1. The van der Waals surface area contributed by atoms with Crippen LogP contribution in [0.4, 0.5) is 5.69 Å². The SMILES string of the molecule is CCCCCCCCCCC(Oc1ccc(S(=O)Oc2ccc(O)cc2)cc1)C(=O)Nc1ccc(CCCc2nnc3c(Br)c(C)[nH]n23)cc1. The molecule has 0 aliphatic heterocycles. The molecule has 1 amide bonds. The minimum atomic E-state index is -1.75. The molecule has 0 aliphatic rings. The van der Waals surface area contributed by atoms with Gasteiger partial charge in [0.15, 0.2) is 17.6 Å². The van der Waals surface area contributed by atoms with Crippen molar-refractivity contribution in [1.29, 1.82) is 0 Å². The third-order valence-corrected chi connectivity index (χ3v) is 10.5. The van der Waals surface area contributed by atoms with E-state index in [0.717, 1.165) is 60.2 Å². The molecule has 2 atom stereocenters. The van der Waals surface area contributed by atoms with Crippen LogP contribution >= 0.6 is 15.9 Å². The lowest BCUT2D eigenvalue weighted by Crippen LogP contribution is -2.33. The summed E-state index contributed by atoms with van der Waals surface area (Å²) in [5.74, 6) is 1.69. The number of aromatic nitrogens is 4. The number of nitrogens with zero attached hydrogens (tertiary/aromatic N) is 3. The minimum Gasteiger partial charge on any atom is -0.508 e. The average molecular weight is 765 g/mol. The van der Waals surface area contributed by atoms with Crippen LogP contribution in [0.15, 0.2) is 82.2 Å². The molecule has 266 valence electrons. The number of aromatic amines is 1. The zero-order valence-corrected chi connectivity index (χ0v) is 31.1. The van der Waals surface area contributed by atoms with Crippen molar-refractivity contribution in [2.75, 3.05) is 5.32 Å². The molecule has 0 saturated heterocycles. The number of amides is 1. The van der Waals surface area contributed by atoms with Crippen LogP contribution in [0.2, 0.25) is 0 Å². The number of anilines is 1. The summed E-state index contributed by atoms with van der Waals surface area (Å²) in [6, 6.07) is 20.7. The third-order valence-electron chi connectivity index (χ3n) is 8.54. The Morgan fingerprint density at radius 2 is 1.54 bits per heavy atom. The highest BCUT2D eigenvalue weighted by atomic mass is 79.9. The molecule has 50 heavy (non-hydrogen) atoms. The molecule has 3 N–H and O–H groups in total. The summed E-state index contributed by atoms with van der Waals surface area (Å²) in [5, 5.41) is 24.4. The van der Waals surface area contributed by atoms with Gasteiger partial charge in [-0.3, -0.25) is 9.89 Å². The molecular weight excluding hydrogens is 718 g/mol. The van der Waals surface area contributed by atoms with E-state index in [-0.39, 0.29) is 11.7 Å². The summed E-state index contributed by atoms with van der Waals surface area (Å²) >= 11 is 1.80. The first kappa shape index (κ1) is 37.1. The second kappa shape index (κ2) is 18.7. The van der Waals surface area contributed by atoms with Gasteiger partial charge in [-0.25, -0.2) is 8.72 Å². The molecular formula is C38H46BrN5O5S. The van der Waals surface area contributed by atoms with E-state index < -0.39 is 17.2 Å². The van der Waals surface area contributed by atoms with Crippen molar-refractivity contribution >= 4 is 44.3 Å². The molecule has 0 aliphatic carbocycles. The van der Waals surface area contributed by atoms with Crippen molar-refractivity contribution in [2.24, 2.45) is 0 Å². The van der Waals surface area contributed by atoms with Crippen LogP contribution in [0.5, 0.6) is 17.2 Å². The van der Waals surface area contributed by atoms with Gasteiger partial charge in [0.05, 0.1) is 9.37 Å². The second-order valence-electron chi connectivity index (χ2n) is 12.5. The van der Waals surface area contributed by atoms with Crippen LogP contribution in [0.3, 0.4) is 0 Å². The number of halogens is 1. The normalized spacial score (nSPS) is 12.5. The fourth-order valence-corrected chi connectivity index (χ4v) is 6.77. The van der Waals surface area contributed by atoms with Gasteiger partial charge in [0.25, 0.3) is 5.91 Å². The lowest BCUT2D eigenvalue weighted by Gasteiger charge is -2.19. The summed E-state index contributed by atoms with van der Waals surface area (Å²) in [7, 11) is 0. The number of carbonyl (C=O) groups excluding carboxylic acids is 1. The van der Waals surface area contributed by atoms with Gasteiger partial charge in [-0.2, -0.15) is 0 Å². The Morgan fingerprint density at radius 3 is 2.24 bits per heavy atom. The molecule has 2 unspecified atom stereocenters. The number of nitrogens with one attached hydrogen (secondary N) is 2. The van der Waals surface area contributed by atoms with E-state index in [2.05, 4.69) is 43.5 Å². The van der Waals surface area contributed by atoms with E-state index in [1.54, 1.807) is 36.4 Å². The van der Waals surface area contributed by atoms with E-state index >= 15 is 0 Å². The summed E-state index contributed by atoms with van der Waals surface area (Å²) in [4.78, 5) is 14.0. The Kier molecular flexibility index (Phi) is 13.9. The Hall–Kier alpha value is -4.16. The first-order valence-electron chi connectivity index (χ1n) is 17.4. The second-order valence-corrected chi connectivity index (χ2v) is 14.4. The maximum Gasteiger partial charge on any atom is 0.265 e. The number of aromatic hydroxyl groups is 1. The summed E-state index contributed by atoms with van der Waals surface area (Å²) in [5.41, 5.74) is 3.70. The molecule has 10 nitrogen and oxygen atoms in total. The monoisotopic (exact) mass is 763 g/mol. The van der Waals surface area contributed by atoms with Crippen molar-refractivity contribution in [3.05, 3.63) is 94.4 Å². The first-order chi connectivity index (χ1) is 24.3. The number of H-pyrrole nitrogens is 1. The highest BCUT2D eigenvalue weighted by Gasteiger charge is 2.21. The summed E-state index contributed by atoms with van der Waals surface area (Å²) in [6.45, 7) is 4.22. The fraction of sp³-hybridized carbons (Fsp3) is 0.395. The molecule has 0 fully saturated rings. The van der Waals surface area contributed by atoms with Gasteiger partial charge in [0, 0.05) is 17.8 Å². The predicted octanol–water partition coefficient (Wildman–Crippen LogP) is 9.03. The lowest BCUT2D eigenvalue weighted by atomic mass is 10.0. The molecule has 3 aromatic carbocycles. The van der Waals surface area contributed by atoms with Crippen molar-refractivity contribution < 1.29 is 23.0 Å². The number of rotatable bonds is 20. The van der Waals surface area contributed by atoms with Gasteiger partial charge in [-0.15, -0.1) is 10.2 Å². The Morgan fingerprint density at radius 1 is 0.880 bits per heavy atom. The van der Waals surface area contributed by atoms with E-state index in [4.69, 9.17) is 8.92 Å². The maximum absolute atomic E-state index is 13.5. The smallest absolute Gasteiger partial charge is 0.265 e. The fourth-order valence-electron chi connectivity index (χ4n) is 5.69. The van der Waals surface area contributed by atoms with Crippen molar-refractivity contribution in [2.45, 2.75) is 102 Å². The zero-order chi connectivity index (χ0) is 35.3. The average Bonchev–Trinajstić information content (AvgIpc) is 3.65. The number of carbonyl (C=O) groups is 1. The maximum atomic E-state index is 13.5. The summed E-state index contributed by atoms with van der Waals surface area (Å²) in [6.07, 6.45) is 11.8. The van der Waals surface area contributed by atoms with Crippen molar-refractivity contribution in [3.8, 4) is 17.2 Å². The van der Waals surface area contributed by atoms with E-state index in [1.807, 2.05) is 35.7 Å². The van der Waals surface area contributed by atoms with Gasteiger partial charge < -0.3 is 19.3 Å². The number of benzene rings is 3. The molecule has 12 heteroatoms. The Labute approximate surface area is 304 Å². The van der Waals surface area contributed by atoms with Gasteiger partial charge in [0.2, 0.25) is 11.1 Å². The van der Waals surface area contributed by atoms with E-state index in [1.165, 1.54) is 49.8 Å². The highest BCUT2D eigenvalue weighted by Crippen LogP contribution is 2.24. The minimum absolute atomic E-state index is 0.102. The molecule has 0 bridgehead atoms. The first-order valence-corrected chi connectivity index (χ1v) is 19.3. The summed E-state index contributed by atoms with van der Waals surface area (Å²) < 4.78 is 27.3. The quantitative estimate of drug-likeness (QED) is 0.0675. The molecule has 5 aromatic rings. The van der Waals surface area contributed by atoms with Crippen LogP contribution in [-0.2, 0) is 28.7 Å². The van der Waals surface area contributed by atoms with Gasteiger partial charge >= 0.3 is 0 Å². The highest BCUT2D eigenvalue weighted by molar-refractivity contribution is 9.10. The van der Waals surface area contributed by atoms with Crippen LogP contribution in [0.25, 0.3) is 5.65 Å².